The molecule has 1 rings (SSSR count). The van der Waals surface area contributed by atoms with Gasteiger partial charge in [-0.2, -0.15) is 0 Å². The largest absolute Gasteiger partial charge is 0.493 e. The van der Waals surface area contributed by atoms with Crippen molar-refractivity contribution in [1.29, 1.82) is 0 Å². The highest BCUT2D eigenvalue weighted by Crippen LogP contribution is 2.19. The summed E-state index contributed by atoms with van der Waals surface area (Å²) >= 11 is 0. The zero-order chi connectivity index (χ0) is 11.3. The van der Waals surface area contributed by atoms with Crippen molar-refractivity contribution in [1.82, 2.24) is 0 Å². The molecule has 0 atom stereocenters. The number of ether oxygens (including phenoxy) is 1. The third kappa shape index (κ3) is 3.92. The van der Waals surface area contributed by atoms with Crippen LogP contribution in [-0.4, -0.2) is 6.61 Å². The Morgan fingerprint density at radius 1 is 1.33 bits per heavy atom. The third-order valence-electron chi connectivity index (χ3n) is 2.39. The molecule has 0 saturated heterocycles. The van der Waals surface area contributed by atoms with Gasteiger partial charge in [0.05, 0.1) is 6.61 Å². The van der Waals surface area contributed by atoms with Crippen molar-refractivity contribution in [3.8, 4) is 5.75 Å². The second-order valence-corrected chi connectivity index (χ2v) is 4.35. The Morgan fingerprint density at radius 2 is 2.07 bits per heavy atom. The molecule has 2 heteroatoms. The summed E-state index contributed by atoms with van der Waals surface area (Å²) in [5.74, 6) is 1.61. The summed E-state index contributed by atoms with van der Waals surface area (Å²) in [5, 5.41) is 0. The summed E-state index contributed by atoms with van der Waals surface area (Å²) in [5.41, 5.74) is 8.00. The molecule has 0 spiro atoms. The van der Waals surface area contributed by atoms with Crippen LogP contribution in [0, 0.1) is 12.8 Å². The van der Waals surface area contributed by atoms with Gasteiger partial charge in [-0.1, -0.05) is 31.5 Å². The van der Waals surface area contributed by atoms with E-state index in [1.165, 1.54) is 5.56 Å². The van der Waals surface area contributed by atoms with E-state index in [0.717, 1.165) is 24.3 Å². The van der Waals surface area contributed by atoms with E-state index < -0.39 is 0 Å². The molecule has 0 fully saturated rings. The van der Waals surface area contributed by atoms with Gasteiger partial charge >= 0.3 is 0 Å². The molecule has 84 valence electrons. The van der Waals surface area contributed by atoms with Crippen LogP contribution in [0.3, 0.4) is 0 Å². The van der Waals surface area contributed by atoms with Crippen LogP contribution in [0.5, 0.6) is 5.75 Å². The van der Waals surface area contributed by atoms with Gasteiger partial charge in [0.25, 0.3) is 0 Å². The molecule has 0 aliphatic heterocycles. The fourth-order valence-corrected chi connectivity index (χ4v) is 1.41. The fourth-order valence-electron chi connectivity index (χ4n) is 1.41. The average Bonchev–Trinajstić information content (AvgIpc) is 2.19. The van der Waals surface area contributed by atoms with Gasteiger partial charge in [0.2, 0.25) is 0 Å². The zero-order valence-electron chi connectivity index (χ0n) is 9.92. The molecule has 2 nitrogen and oxygen atoms in total. The standard InChI is InChI=1S/C13H21NO/c1-10(2)6-7-15-13-5-4-11(3)8-12(13)9-14/h4-5,8,10H,6-7,9,14H2,1-3H3. The van der Waals surface area contributed by atoms with E-state index >= 15 is 0 Å². The van der Waals surface area contributed by atoms with E-state index in [1.807, 2.05) is 6.07 Å². The number of aryl methyl sites for hydroxylation is 1. The quantitative estimate of drug-likeness (QED) is 0.805. The predicted molar refractivity (Wildman–Crippen MR) is 64.0 cm³/mol. The maximum Gasteiger partial charge on any atom is 0.123 e. The minimum absolute atomic E-state index is 0.540. The molecule has 0 unspecified atom stereocenters. The monoisotopic (exact) mass is 207 g/mol. The van der Waals surface area contributed by atoms with Crippen molar-refractivity contribution in [2.75, 3.05) is 6.61 Å². The van der Waals surface area contributed by atoms with Crippen molar-refractivity contribution in [3.05, 3.63) is 29.3 Å². The van der Waals surface area contributed by atoms with Crippen LogP contribution < -0.4 is 10.5 Å². The highest BCUT2D eigenvalue weighted by Gasteiger charge is 2.02. The molecule has 2 N–H and O–H groups in total. The average molecular weight is 207 g/mol. The molecule has 0 bridgehead atoms. The molecule has 0 aliphatic rings. The topological polar surface area (TPSA) is 35.2 Å². The lowest BCUT2D eigenvalue weighted by Gasteiger charge is -2.12. The summed E-state index contributed by atoms with van der Waals surface area (Å²) in [6, 6.07) is 6.16. The van der Waals surface area contributed by atoms with Crippen molar-refractivity contribution >= 4 is 0 Å². The number of benzene rings is 1. The maximum absolute atomic E-state index is 5.71. The van der Waals surface area contributed by atoms with Gasteiger partial charge in [0, 0.05) is 12.1 Å². The summed E-state index contributed by atoms with van der Waals surface area (Å²) in [6.07, 6.45) is 1.08. The van der Waals surface area contributed by atoms with Crippen LogP contribution in [0.4, 0.5) is 0 Å². The van der Waals surface area contributed by atoms with Gasteiger partial charge < -0.3 is 10.5 Å². The molecule has 0 saturated carbocycles. The lowest BCUT2D eigenvalue weighted by atomic mass is 10.1. The van der Waals surface area contributed by atoms with E-state index in [1.54, 1.807) is 0 Å². The predicted octanol–water partition coefficient (Wildman–Crippen LogP) is 2.88. The first-order valence-corrected chi connectivity index (χ1v) is 5.56. The summed E-state index contributed by atoms with van der Waals surface area (Å²) in [4.78, 5) is 0. The zero-order valence-corrected chi connectivity index (χ0v) is 9.92. The van der Waals surface area contributed by atoms with Crippen molar-refractivity contribution < 1.29 is 4.74 Å². The normalized spacial score (nSPS) is 10.7. The third-order valence-corrected chi connectivity index (χ3v) is 2.39. The Bertz CT molecular complexity index is 307. The van der Waals surface area contributed by atoms with Crippen LogP contribution >= 0.6 is 0 Å². The van der Waals surface area contributed by atoms with Crippen LogP contribution in [0.1, 0.15) is 31.4 Å². The summed E-state index contributed by atoms with van der Waals surface area (Å²) in [7, 11) is 0. The van der Waals surface area contributed by atoms with E-state index in [-0.39, 0.29) is 0 Å². The smallest absolute Gasteiger partial charge is 0.123 e. The first kappa shape index (κ1) is 12.1. The minimum Gasteiger partial charge on any atom is -0.493 e. The van der Waals surface area contributed by atoms with Gasteiger partial charge in [-0.15, -0.1) is 0 Å². The Kier molecular flexibility index (Phi) is 4.63. The van der Waals surface area contributed by atoms with Crippen LogP contribution in [-0.2, 0) is 6.54 Å². The summed E-state index contributed by atoms with van der Waals surface area (Å²) in [6.45, 7) is 7.77. The first-order valence-electron chi connectivity index (χ1n) is 5.56. The highest BCUT2D eigenvalue weighted by atomic mass is 16.5. The Labute approximate surface area is 92.4 Å². The number of nitrogens with two attached hydrogens (primary N) is 1. The lowest BCUT2D eigenvalue weighted by molar-refractivity contribution is 0.287. The summed E-state index contributed by atoms with van der Waals surface area (Å²) < 4.78 is 5.71. The lowest BCUT2D eigenvalue weighted by Crippen LogP contribution is -2.05. The Hall–Kier alpha value is -1.02. The van der Waals surface area contributed by atoms with E-state index in [0.29, 0.717) is 12.5 Å². The van der Waals surface area contributed by atoms with E-state index in [2.05, 4.69) is 32.9 Å². The number of hydrogen-bond acceptors (Lipinski definition) is 2. The molecule has 0 amide bonds. The molecule has 0 aromatic heterocycles. The Morgan fingerprint density at radius 3 is 2.67 bits per heavy atom. The van der Waals surface area contributed by atoms with Gasteiger partial charge in [0.1, 0.15) is 5.75 Å². The highest BCUT2D eigenvalue weighted by molar-refractivity contribution is 5.36. The molecule has 0 radical (unpaired) electrons. The SMILES string of the molecule is Cc1ccc(OCCC(C)C)c(CN)c1. The number of hydrogen-bond donors (Lipinski definition) is 1. The van der Waals surface area contributed by atoms with Gasteiger partial charge in [-0.05, 0) is 25.3 Å². The molecule has 1 aromatic carbocycles. The number of rotatable bonds is 5. The van der Waals surface area contributed by atoms with E-state index in [9.17, 15) is 0 Å². The molecule has 0 heterocycles. The van der Waals surface area contributed by atoms with Crippen molar-refractivity contribution in [2.45, 2.75) is 33.7 Å². The van der Waals surface area contributed by atoms with Gasteiger partial charge in [-0.25, -0.2) is 0 Å². The first-order chi connectivity index (χ1) is 7.13. The molecule has 15 heavy (non-hydrogen) atoms. The minimum atomic E-state index is 0.540. The second kappa shape index (κ2) is 5.76. The molecule has 0 aliphatic carbocycles. The van der Waals surface area contributed by atoms with Crippen LogP contribution in [0.25, 0.3) is 0 Å². The van der Waals surface area contributed by atoms with Gasteiger partial charge in [0.15, 0.2) is 0 Å². The van der Waals surface area contributed by atoms with E-state index in [4.69, 9.17) is 10.5 Å². The van der Waals surface area contributed by atoms with Crippen LogP contribution in [0.2, 0.25) is 0 Å². The van der Waals surface area contributed by atoms with Crippen LogP contribution in [0.15, 0.2) is 18.2 Å². The molecule has 1 aromatic rings. The van der Waals surface area contributed by atoms with Gasteiger partial charge in [-0.3, -0.25) is 0 Å². The fraction of sp³-hybridized carbons (Fsp3) is 0.538. The molecular formula is C13H21NO. The van der Waals surface area contributed by atoms with Crippen molar-refractivity contribution in [3.63, 3.8) is 0 Å². The Balaban J connectivity index is 2.60. The second-order valence-electron chi connectivity index (χ2n) is 4.35. The maximum atomic E-state index is 5.71. The molecular weight excluding hydrogens is 186 g/mol. The van der Waals surface area contributed by atoms with Crippen molar-refractivity contribution in [2.24, 2.45) is 11.7 Å².